The molecule has 1 fully saturated rings. The molecule has 1 rings (SSSR count). The van der Waals surface area contributed by atoms with Gasteiger partial charge >= 0.3 is 0 Å². The largest absolute Gasteiger partial charge is 0.392 e. The van der Waals surface area contributed by atoms with Crippen LogP contribution in [0.15, 0.2) is 0 Å². The van der Waals surface area contributed by atoms with Crippen LogP contribution in [0, 0.1) is 5.92 Å². The Hall–Kier alpha value is -0.200. The highest BCUT2D eigenvalue weighted by Gasteiger charge is 2.36. The predicted molar refractivity (Wildman–Crippen MR) is 69.7 cm³/mol. The molecule has 0 amide bonds. The van der Waals surface area contributed by atoms with Crippen LogP contribution in [-0.2, 0) is 10.0 Å². The summed E-state index contributed by atoms with van der Waals surface area (Å²) in [6.07, 6.45) is 1.82. The average molecular weight is 264 g/mol. The van der Waals surface area contributed by atoms with Crippen LogP contribution < -0.4 is 5.73 Å². The summed E-state index contributed by atoms with van der Waals surface area (Å²) in [5, 5.41) is -0.765. The Kier molecular flexibility index (Phi) is 4.31. The lowest BCUT2D eigenvalue weighted by Crippen LogP contribution is -2.50. The van der Waals surface area contributed by atoms with E-state index in [2.05, 4.69) is 6.92 Å². The van der Waals surface area contributed by atoms with Crippen molar-refractivity contribution in [3.05, 3.63) is 0 Å². The Morgan fingerprint density at radius 1 is 1.50 bits per heavy atom. The summed E-state index contributed by atoms with van der Waals surface area (Å²) in [6.45, 7) is 6.23. The van der Waals surface area contributed by atoms with E-state index in [-0.39, 0.29) is 11.0 Å². The smallest absolute Gasteiger partial charge is 0.223 e. The molecule has 4 nitrogen and oxygen atoms in total. The first-order chi connectivity index (χ1) is 7.26. The Labute approximate surface area is 103 Å². The topological polar surface area (TPSA) is 63.4 Å². The number of hydrogen-bond acceptors (Lipinski definition) is 3. The van der Waals surface area contributed by atoms with E-state index >= 15 is 0 Å². The molecule has 0 aromatic carbocycles. The van der Waals surface area contributed by atoms with Crippen molar-refractivity contribution < 1.29 is 8.42 Å². The minimum atomic E-state index is -3.37. The minimum absolute atomic E-state index is 0.0468. The van der Waals surface area contributed by atoms with Gasteiger partial charge in [-0.1, -0.05) is 19.1 Å². The number of nitrogens with zero attached hydrogens (tertiary/aromatic N) is 1. The molecule has 0 aromatic heterocycles. The number of rotatable bonds is 3. The third kappa shape index (κ3) is 2.73. The molecule has 0 radical (unpaired) electrons. The van der Waals surface area contributed by atoms with Crippen molar-refractivity contribution in [2.75, 3.05) is 6.54 Å². The van der Waals surface area contributed by atoms with Crippen molar-refractivity contribution in [2.24, 2.45) is 11.7 Å². The molecule has 3 atom stereocenters. The zero-order chi connectivity index (χ0) is 12.5. The molecule has 0 saturated carbocycles. The van der Waals surface area contributed by atoms with E-state index in [4.69, 9.17) is 18.0 Å². The fourth-order valence-corrected chi connectivity index (χ4v) is 4.13. The molecule has 16 heavy (non-hydrogen) atoms. The Morgan fingerprint density at radius 2 is 2.06 bits per heavy atom. The number of sulfonamides is 1. The first kappa shape index (κ1) is 13.9. The van der Waals surface area contributed by atoms with E-state index in [0.717, 1.165) is 12.8 Å². The van der Waals surface area contributed by atoms with Gasteiger partial charge in [0, 0.05) is 12.6 Å². The van der Waals surface area contributed by atoms with E-state index < -0.39 is 15.3 Å². The second kappa shape index (κ2) is 4.98. The molecule has 0 aromatic rings. The number of piperidine rings is 1. The van der Waals surface area contributed by atoms with Gasteiger partial charge < -0.3 is 5.73 Å². The van der Waals surface area contributed by atoms with E-state index in [0.29, 0.717) is 12.5 Å². The van der Waals surface area contributed by atoms with Crippen LogP contribution in [0.4, 0.5) is 0 Å². The summed E-state index contributed by atoms with van der Waals surface area (Å²) in [5.41, 5.74) is 5.43. The summed E-state index contributed by atoms with van der Waals surface area (Å²) in [4.78, 5) is 0.0471. The molecule has 3 unspecified atom stereocenters. The van der Waals surface area contributed by atoms with Crippen molar-refractivity contribution >= 4 is 27.2 Å². The van der Waals surface area contributed by atoms with Gasteiger partial charge in [0.15, 0.2) is 0 Å². The lowest BCUT2D eigenvalue weighted by atomic mass is 9.95. The van der Waals surface area contributed by atoms with Crippen molar-refractivity contribution in [3.63, 3.8) is 0 Å². The first-order valence-corrected chi connectivity index (χ1v) is 7.48. The fourth-order valence-electron chi connectivity index (χ4n) is 2.11. The zero-order valence-corrected chi connectivity index (χ0v) is 11.6. The van der Waals surface area contributed by atoms with Crippen LogP contribution in [-0.4, -0.2) is 35.5 Å². The van der Waals surface area contributed by atoms with Crippen molar-refractivity contribution in [3.8, 4) is 0 Å². The second-order valence-electron chi connectivity index (χ2n) is 4.68. The lowest BCUT2D eigenvalue weighted by molar-refractivity contribution is 0.219. The van der Waals surface area contributed by atoms with E-state index in [9.17, 15) is 8.42 Å². The van der Waals surface area contributed by atoms with Crippen LogP contribution >= 0.6 is 12.2 Å². The number of hydrogen-bond donors (Lipinski definition) is 1. The van der Waals surface area contributed by atoms with Crippen LogP contribution in [0.2, 0.25) is 0 Å². The number of nitrogens with two attached hydrogens (primary N) is 1. The van der Waals surface area contributed by atoms with Crippen LogP contribution in [0.3, 0.4) is 0 Å². The third-order valence-electron chi connectivity index (χ3n) is 3.25. The average Bonchev–Trinajstić information content (AvgIpc) is 2.15. The van der Waals surface area contributed by atoms with Gasteiger partial charge in [0.2, 0.25) is 10.0 Å². The molecule has 1 aliphatic heterocycles. The highest BCUT2D eigenvalue weighted by molar-refractivity contribution is 7.92. The van der Waals surface area contributed by atoms with Gasteiger partial charge in [-0.3, -0.25) is 0 Å². The summed E-state index contributed by atoms with van der Waals surface area (Å²) in [5.74, 6) is 0.585. The van der Waals surface area contributed by atoms with Gasteiger partial charge in [-0.15, -0.1) is 0 Å². The van der Waals surface area contributed by atoms with Crippen molar-refractivity contribution in [2.45, 2.75) is 44.9 Å². The van der Waals surface area contributed by atoms with E-state index in [1.165, 1.54) is 0 Å². The molecule has 0 bridgehead atoms. The van der Waals surface area contributed by atoms with Gasteiger partial charge in [-0.25, -0.2) is 8.42 Å². The Balaban J connectivity index is 2.88. The maximum absolute atomic E-state index is 12.2. The first-order valence-electron chi connectivity index (χ1n) is 5.56. The van der Waals surface area contributed by atoms with Gasteiger partial charge in [-0.2, -0.15) is 4.31 Å². The fraction of sp³-hybridized carbons (Fsp3) is 0.900. The normalized spacial score (nSPS) is 29.9. The van der Waals surface area contributed by atoms with Crippen LogP contribution in [0.25, 0.3) is 0 Å². The molecule has 1 heterocycles. The summed E-state index contributed by atoms with van der Waals surface area (Å²) < 4.78 is 26.0. The summed E-state index contributed by atoms with van der Waals surface area (Å²) in [7, 11) is -3.37. The zero-order valence-electron chi connectivity index (χ0n) is 10.0. The van der Waals surface area contributed by atoms with Crippen molar-refractivity contribution in [1.29, 1.82) is 0 Å². The van der Waals surface area contributed by atoms with Gasteiger partial charge in [0.1, 0.15) is 5.25 Å². The summed E-state index contributed by atoms with van der Waals surface area (Å²) >= 11 is 4.77. The van der Waals surface area contributed by atoms with E-state index in [1.54, 1.807) is 11.2 Å². The predicted octanol–water partition coefficient (Wildman–Crippen LogP) is 1.11. The molecule has 94 valence electrons. The van der Waals surface area contributed by atoms with Gasteiger partial charge in [0.05, 0.1) is 4.99 Å². The van der Waals surface area contributed by atoms with Crippen LogP contribution in [0.5, 0.6) is 0 Å². The SMILES string of the molecule is CC1CCN(S(=O)(=O)C(C)C(N)=S)C(C)C1. The second-order valence-corrected chi connectivity index (χ2v) is 7.36. The molecule has 1 saturated heterocycles. The van der Waals surface area contributed by atoms with Crippen molar-refractivity contribution in [1.82, 2.24) is 4.31 Å². The standard InChI is InChI=1S/C10H20N2O2S2/c1-7-4-5-12(8(2)6-7)16(13,14)9(3)10(11)15/h7-9H,4-6H2,1-3H3,(H2,11,15). The van der Waals surface area contributed by atoms with Gasteiger partial charge in [-0.05, 0) is 32.6 Å². The maximum atomic E-state index is 12.2. The maximum Gasteiger partial charge on any atom is 0.223 e. The highest BCUT2D eigenvalue weighted by atomic mass is 32.2. The quantitative estimate of drug-likeness (QED) is 0.776. The Bertz CT molecular complexity index is 367. The molecule has 0 aliphatic carbocycles. The summed E-state index contributed by atoms with van der Waals surface area (Å²) in [6, 6.07) is 0.0468. The number of thiocarbonyl (C=S) groups is 1. The van der Waals surface area contributed by atoms with E-state index in [1.807, 2.05) is 6.92 Å². The third-order valence-corrected chi connectivity index (χ3v) is 6.10. The van der Waals surface area contributed by atoms with Crippen LogP contribution in [0.1, 0.15) is 33.6 Å². The highest BCUT2D eigenvalue weighted by Crippen LogP contribution is 2.26. The van der Waals surface area contributed by atoms with Gasteiger partial charge in [0.25, 0.3) is 0 Å². The molecular weight excluding hydrogens is 244 g/mol. The monoisotopic (exact) mass is 264 g/mol. The molecule has 2 N–H and O–H groups in total. The Morgan fingerprint density at radius 3 is 2.50 bits per heavy atom. The lowest BCUT2D eigenvalue weighted by Gasteiger charge is -2.36. The molecule has 0 spiro atoms. The molecule has 1 aliphatic rings. The minimum Gasteiger partial charge on any atom is -0.392 e. The molecular formula is C10H20N2O2S2. The molecule has 6 heteroatoms.